The number of benzene rings is 1. The van der Waals surface area contributed by atoms with Gasteiger partial charge in [0.2, 0.25) is 0 Å². The maximum Gasteiger partial charge on any atom is 0.0968 e. The Morgan fingerprint density at radius 1 is 1.27 bits per heavy atom. The van der Waals surface area contributed by atoms with E-state index in [1.807, 2.05) is 0 Å². The second-order valence-electron chi connectivity index (χ2n) is 5.09. The molecule has 0 saturated carbocycles. The predicted octanol–water partition coefficient (Wildman–Crippen LogP) is 6.69. The lowest BCUT2D eigenvalue weighted by atomic mass is 10.1. The smallest absolute Gasteiger partial charge is 0.0968 e. The minimum Gasteiger partial charge on any atom is -0.212 e. The summed E-state index contributed by atoms with van der Waals surface area (Å²) in [5.74, 6) is -0.203. The van der Waals surface area contributed by atoms with Gasteiger partial charge in [0.25, 0.3) is 0 Å². The first-order valence-corrected chi connectivity index (χ1v) is 8.89. The van der Waals surface area contributed by atoms with Gasteiger partial charge >= 0.3 is 0 Å². The van der Waals surface area contributed by atoms with E-state index in [-0.39, 0.29) is 5.83 Å². The Balaban J connectivity index is 2.24. The first-order chi connectivity index (χ1) is 10.5. The minimum absolute atomic E-state index is 0.203. The molecule has 0 aliphatic rings. The van der Waals surface area contributed by atoms with Crippen LogP contribution in [0.3, 0.4) is 0 Å². The van der Waals surface area contributed by atoms with E-state index in [9.17, 15) is 4.39 Å². The molecule has 0 spiro atoms. The second-order valence-corrected chi connectivity index (χ2v) is 7.51. The third-order valence-corrected chi connectivity index (χ3v) is 5.14. The number of thiophene rings is 1. The van der Waals surface area contributed by atoms with Crippen molar-refractivity contribution in [2.45, 2.75) is 20.3 Å². The van der Waals surface area contributed by atoms with Gasteiger partial charge in [0.15, 0.2) is 0 Å². The van der Waals surface area contributed by atoms with E-state index in [0.29, 0.717) is 0 Å². The summed E-state index contributed by atoms with van der Waals surface area (Å²) < 4.78 is 14.1. The van der Waals surface area contributed by atoms with E-state index in [2.05, 4.69) is 66.4 Å². The Morgan fingerprint density at radius 3 is 2.73 bits per heavy atom. The van der Waals surface area contributed by atoms with Gasteiger partial charge < -0.3 is 0 Å². The highest BCUT2D eigenvalue weighted by Crippen LogP contribution is 2.28. The monoisotopic (exact) mass is 424 g/mol. The molecule has 114 valence electrons. The Bertz CT molecular complexity index is 734. The molecule has 0 nitrogen and oxygen atoms in total. The van der Waals surface area contributed by atoms with Crippen molar-refractivity contribution in [1.82, 2.24) is 0 Å². The van der Waals surface area contributed by atoms with Crippen molar-refractivity contribution < 1.29 is 4.39 Å². The molecular formula is C19H18FIS. The van der Waals surface area contributed by atoms with Crippen LogP contribution in [0.5, 0.6) is 0 Å². The standard InChI is InChI=1S/C19H18FIS/c1-4-15(7-6-14(3)20)19-10-9-18(22-19)12-16-11-17(21)8-5-13(16)2/h4-11H,1,12H2,2-3H3/b14-6+,15-7+. The SMILES string of the molecule is C=C/C(=C\C=C(/C)F)c1ccc(Cc2cc(I)ccc2C)s1. The van der Waals surface area contributed by atoms with Gasteiger partial charge in [-0.2, -0.15) is 0 Å². The van der Waals surface area contributed by atoms with Crippen molar-refractivity contribution in [3.05, 3.63) is 85.4 Å². The molecule has 0 saturated heterocycles. The molecule has 0 N–H and O–H groups in total. The third kappa shape index (κ3) is 4.65. The van der Waals surface area contributed by atoms with Crippen LogP contribution in [0, 0.1) is 10.5 Å². The molecular weight excluding hydrogens is 406 g/mol. The molecule has 0 atom stereocenters. The zero-order valence-corrected chi connectivity index (χ0v) is 15.7. The van der Waals surface area contributed by atoms with Crippen molar-refractivity contribution in [1.29, 1.82) is 0 Å². The molecule has 0 radical (unpaired) electrons. The van der Waals surface area contributed by atoms with Crippen molar-refractivity contribution >= 4 is 39.5 Å². The molecule has 0 aliphatic carbocycles. The summed E-state index contributed by atoms with van der Waals surface area (Å²) in [5, 5.41) is 0. The molecule has 3 heteroatoms. The Hall–Kier alpha value is -1.20. The normalized spacial score (nSPS) is 12.5. The van der Waals surface area contributed by atoms with Gasteiger partial charge in [-0.15, -0.1) is 11.3 Å². The van der Waals surface area contributed by atoms with Gasteiger partial charge in [0.05, 0.1) is 5.83 Å². The van der Waals surface area contributed by atoms with E-state index in [1.165, 1.54) is 32.6 Å². The summed E-state index contributed by atoms with van der Waals surface area (Å²) in [4.78, 5) is 2.42. The van der Waals surface area contributed by atoms with Crippen molar-refractivity contribution in [3.8, 4) is 0 Å². The van der Waals surface area contributed by atoms with Crippen LogP contribution in [0.25, 0.3) is 5.57 Å². The van der Waals surface area contributed by atoms with Crippen LogP contribution in [0.2, 0.25) is 0 Å². The van der Waals surface area contributed by atoms with Gasteiger partial charge in [-0.3, -0.25) is 0 Å². The van der Waals surface area contributed by atoms with E-state index in [0.717, 1.165) is 16.9 Å². The van der Waals surface area contributed by atoms with E-state index in [1.54, 1.807) is 23.5 Å². The molecule has 22 heavy (non-hydrogen) atoms. The number of hydrogen-bond acceptors (Lipinski definition) is 1. The molecule has 0 aliphatic heterocycles. The maximum absolute atomic E-state index is 12.9. The molecule has 0 fully saturated rings. The second kappa shape index (κ2) is 7.88. The average Bonchev–Trinajstić information content (AvgIpc) is 2.92. The van der Waals surface area contributed by atoms with Gasteiger partial charge in [-0.25, -0.2) is 4.39 Å². The van der Waals surface area contributed by atoms with Gasteiger partial charge in [0.1, 0.15) is 0 Å². The molecule has 0 amide bonds. The zero-order chi connectivity index (χ0) is 16.1. The van der Waals surface area contributed by atoms with Crippen LogP contribution >= 0.6 is 33.9 Å². The number of aryl methyl sites for hydroxylation is 1. The predicted molar refractivity (Wildman–Crippen MR) is 104 cm³/mol. The first-order valence-electron chi connectivity index (χ1n) is 7.00. The summed E-state index contributed by atoms with van der Waals surface area (Å²) in [7, 11) is 0. The van der Waals surface area contributed by atoms with Crippen LogP contribution in [0.1, 0.15) is 27.8 Å². The van der Waals surface area contributed by atoms with Crippen LogP contribution in [-0.4, -0.2) is 0 Å². The molecule has 1 aromatic heterocycles. The lowest BCUT2D eigenvalue weighted by Crippen LogP contribution is -1.90. The Kier molecular flexibility index (Phi) is 6.15. The van der Waals surface area contributed by atoms with Gasteiger partial charge in [-0.05, 0) is 83.5 Å². The van der Waals surface area contributed by atoms with Crippen LogP contribution in [0.15, 0.2) is 61.0 Å². The molecule has 1 aromatic carbocycles. The van der Waals surface area contributed by atoms with Gasteiger partial charge in [-0.1, -0.05) is 24.8 Å². The van der Waals surface area contributed by atoms with E-state index in [4.69, 9.17) is 0 Å². The number of rotatable bonds is 5. The fraction of sp³-hybridized carbons (Fsp3) is 0.158. The van der Waals surface area contributed by atoms with E-state index >= 15 is 0 Å². The van der Waals surface area contributed by atoms with Crippen LogP contribution in [-0.2, 0) is 6.42 Å². The lowest BCUT2D eigenvalue weighted by molar-refractivity contribution is 0.641. The van der Waals surface area contributed by atoms with Crippen molar-refractivity contribution in [2.75, 3.05) is 0 Å². The maximum atomic E-state index is 12.9. The zero-order valence-electron chi connectivity index (χ0n) is 12.7. The lowest BCUT2D eigenvalue weighted by Gasteiger charge is -2.05. The average molecular weight is 424 g/mol. The summed E-state index contributed by atoms with van der Waals surface area (Å²) in [5.41, 5.74) is 3.61. The number of allylic oxidation sites excluding steroid dienone is 5. The van der Waals surface area contributed by atoms with E-state index < -0.39 is 0 Å². The summed E-state index contributed by atoms with van der Waals surface area (Å²) in [6.45, 7) is 7.40. The fourth-order valence-corrected chi connectivity index (χ4v) is 3.71. The Labute approximate surface area is 149 Å². The number of halogens is 2. The highest BCUT2D eigenvalue weighted by atomic mass is 127. The largest absolute Gasteiger partial charge is 0.212 e. The molecule has 0 bridgehead atoms. The highest BCUT2D eigenvalue weighted by molar-refractivity contribution is 14.1. The minimum atomic E-state index is -0.203. The topological polar surface area (TPSA) is 0 Å². The van der Waals surface area contributed by atoms with Crippen molar-refractivity contribution in [2.24, 2.45) is 0 Å². The summed E-state index contributed by atoms with van der Waals surface area (Å²) >= 11 is 4.08. The molecule has 2 aromatic rings. The summed E-state index contributed by atoms with van der Waals surface area (Å²) in [6.07, 6.45) is 5.94. The fourth-order valence-electron chi connectivity index (χ4n) is 2.10. The van der Waals surface area contributed by atoms with Crippen LogP contribution in [0.4, 0.5) is 4.39 Å². The quantitative estimate of drug-likeness (QED) is 0.370. The first kappa shape index (κ1) is 17.2. The highest BCUT2D eigenvalue weighted by Gasteiger charge is 2.06. The number of hydrogen-bond donors (Lipinski definition) is 0. The van der Waals surface area contributed by atoms with Gasteiger partial charge in [0, 0.05) is 19.7 Å². The summed E-state index contributed by atoms with van der Waals surface area (Å²) in [6, 6.07) is 10.7. The molecule has 2 rings (SSSR count). The third-order valence-electron chi connectivity index (χ3n) is 3.33. The van der Waals surface area contributed by atoms with Crippen LogP contribution < -0.4 is 0 Å². The van der Waals surface area contributed by atoms with Crippen molar-refractivity contribution in [3.63, 3.8) is 0 Å². The Morgan fingerprint density at radius 2 is 2.05 bits per heavy atom. The molecule has 1 heterocycles. The molecule has 0 unspecified atom stereocenters.